The molecule has 1 aromatic carbocycles. The highest BCUT2D eigenvalue weighted by Crippen LogP contribution is 2.25. The van der Waals surface area contributed by atoms with Crippen LogP contribution in [0.15, 0.2) is 28.8 Å². The number of rotatable bonds is 4. The van der Waals surface area contributed by atoms with E-state index in [1.807, 2.05) is 0 Å². The lowest BCUT2D eigenvalue weighted by atomic mass is 9.99. The van der Waals surface area contributed by atoms with Crippen molar-refractivity contribution in [3.05, 3.63) is 47.4 Å². The van der Waals surface area contributed by atoms with Crippen molar-refractivity contribution < 1.29 is 18.4 Å². The van der Waals surface area contributed by atoms with E-state index < -0.39 is 11.9 Å². The highest BCUT2D eigenvalue weighted by Gasteiger charge is 2.29. The molecule has 0 bridgehead atoms. The lowest BCUT2D eigenvalue weighted by Gasteiger charge is -2.11. The maximum atomic E-state index is 12.9. The first kappa shape index (κ1) is 13.2. The number of aryl methyl sites for hydroxylation is 1. The number of hydrogen-bond donors (Lipinski definition) is 0. The van der Waals surface area contributed by atoms with Crippen LogP contribution in [0.5, 0.6) is 0 Å². The molecule has 1 unspecified atom stereocenters. The van der Waals surface area contributed by atoms with Gasteiger partial charge in [0.15, 0.2) is 11.7 Å². The molecule has 1 atom stereocenters. The molecular weight excluding hydrogens is 251 g/mol. The first-order valence-electron chi connectivity index (χ1n) is 5.84. The summed E-state index contributed by atoms with van der Waals surface area (Å²) in [4.78, 5) is 16.0. The van der Waals surface area contributed by atoms with Crippen LogP contribution in [0.25, 0.3) is 0 Å². The Morgan fingerprint density at radius 1 is 1.42 bits per heavy atom. The molecule has 6 heteroatoms. The van der Waals surface area contributed by atoms with E-state index >= 15 is 0 Å². The van der Waals surface area contributed by atoms with E-state index in [0.717, 1.165) is 0 Å². The first-order chi connectivity index (χ1) is 9.11. The van der Waals surface area contributed by atoms with Crippen molar-refractivity contribution in [2.45, 2.75) is 19.8 Å². The van der Waals surface area contributed by atoms with Crippen LogP contribution in [0, 0.1) is 12.7 Å². The number of benzene rings is 1. The molecule has 19 heavy (non-hydrogen) atoms. The Morgan fingerprint density at radius 3 is 2.63 bits per heavy atom. The Hall–Kier alpha value is -2.24. The molecular formula is C13H13FN2O3. The Morgan fingerprint density at radius 2 is 2.11 bits per heavy atom. The summed E-state index contributed by atoms with van der Waals surface area (Å²) in [6, 6.07) is 5.53. The second kappa shape index (κ2) is 5.60. The van der Waals surface area contributed by atoms with Gasteiger partial charge in [-0.05, 0) is 31.5 Å². The van der Waals surface area contributed by atoms with Gasteiger partial charge in [0.1, 0.15) is 5.82 Å². The molecule has 0 aliphatic rings. The average Bonchev–Trinajstić information content (AvgIpc) is 2.79. The van der Waals surface area contributed by atoms with Gasteiger partial charge in [0, 0.05) is 0 Å². The third-order valence-electron chi connectivity index (χ3n) is 2.52. The van der Waals surface area contributed by atoms with E-state index in [1.54, 1.807) is 13.8 Å². The van der Waals surface area contributed by atoms with Crippen molar-refractivity contribution >= 4 is 5.97 Å². The normalized spacial score (nSPS) is 12.2. The molecule has 1 aromatic heterocycles. The highest BCUT2D eigenvalue weighted by molar-refractivity contribution is 5.80. The number of ether oxygens (including phenoxy) is 1. The van der Waals surface area contributed by atoms with Crippen LogP contribution in [0.4, 0.5) is 4.39 Å². The van der Waals surface area contributed by atoms with Crippen LogP contribution >= 0.6 is 0 Å². The van der Waals surface area contributed by atoms with E-state index in [9.17, 15) is 9.18 Å². The fourth-order valence-electron chi connectivity index (χ4n) is 1.69. The third kappa shape index (κ3) is 2.96. The minimum atomic E-state index is -0.832. The number of carbonyl (C=O) groups is 1. The number of carbonyl (C=O) groups excluding carboxylic acids is 1. The molecule has 0 spiro atoms. The fraction of sp³-hybridized carbons (Fsp3) is 0.308. The summed E-state index contributed by atoms with van der Waals surface area (Å²) in [5.74, 6) is -1.15. The molecule has 0 amide bonds. The van der Waals surface area contributed by atoms with Gasteiger partial charge in [-0.2, -0.15) is 4.98 Å². The molecule has 0 N–H and O–H groups in total. The standard InChI is InChI=1S/C13H13FN2O3/c1-3-18-13(17)11(12-15-8(2)16-19-12)9-4-6-10(14)7-5-9/h4-7,11H,3H2,1-2H3. The van der Waals surface area contributed by atoms with Crippen molar-refractivity contribution in [3.63, 3.8) is 0 Å². The first-order valence-corrected chi connectivity index (χ1v) is 5.84. The largest absolute Gasteiger partial charge is 0.465 e. The highest BCUT2D eigenvalue weighted by atomic mass is 19.1. The van der Waals surface area contributed by atoms with Gasteiger partial charge in [0.05, 0.1) is 6.61 Å². The van der Waals surface area contributed by atoms with Gasteiger partial charge in [0.25, 0.3) is 0 Å². The van der Waals surface area contributed by atoms with Gasteiger partial charge < -0.3 is 9.26 Å². The molecule has 0 aliphatic carbocycles. The molecule has 0 saturated heterocycles. The van der Waals surface area contributed by atoms with Gasteiger partial charge >= 0.3 is 5.97 Å². The minimum absolute atomic E-state index is 0.141. The van der Waals surface area contributed by atoms with Crippen LogP contribution in [0.1, 0.15) is 30.1 Å². The summed E-state index contributed by atoms with van der Waals surface area (Å²) in [5.41, 5.74) is 0.545. The Labute approximate surface area is 109 Å². The van der Waals surface area contributed by atoms with Crippen LogP contribution in [-0.2, 0) is 9.53 Å². The molecule has 2 aromatic rings. The number of hydrogen-bond acceptors (Lipinski definition) is 5. The lowest BCUT2D eigenvalue weighted by molar-refractivity contribution is -0.144. The topological polar surface area (TPSA) is 65.2 Å². The van der Waals surface area contributed by atoms with Crippen molar-refractivity contribution in [2.24, 2.45) is 0 Å². The van der Waals surface area contributed by atoms with Crippen molar-refractivity contribution in [1.82, 2.24) is 10.1 Å². The summed E-state index contributed by atoms with van der Waals surface area (Å²) in [6.07, 6.45) is 0. The van der Waals surface area contributed by atoms with Crippen molar-refractivity contribution in [2.75, 3.05) is 6.61 Å². The molecule has 100 valence electrons. The number of aromatic nitrogens is 2. The SMILES string of the molecule is CCOC(=O)C(c1ccc(F)cc1)c1nc(C)no1. The van der Waals surface area contributed by atoms with Crippen molar-refractivity contribution in [3.8, 4) is 0 Å². The maximum absolute atomic E-state index is 12.9. The molecule has 0 fully saturated rings. The van der Waals surface area contributed by atoms with E-state index in [-0.39, 0.29) is 18.3 Å². The lowest BCUT2D eigenvalue weighted by Crippen LogP contribution is -2.17. The molecule has 0 radical (unpaired) electrons. The monoisotopic (exact) mass is 264 g/mol. The second-order valence-corrected chi connectivity index (χ2v) is 3.92. The van der Waals surface area contributed by atoms with Crippen LogP contribution < -0.4 is 0 Å². The predicted molar refractivity (Wildman–Crippen MR) is 63.9 cm³/mol. The quantitative estimate of drug-likeness (QED) is 0.792. The van der Waals surface area contributed by atoms with Crippen LogP contribution in [-0.4, -0.2) is 22.7 Å². The number of nitrogens with zero attached hydrogens (tertiary/aromatic N) is 2. The zero-order chi connectivity index (χ0) is 13.8. The van der Waals surface area contributed by atoms with E-state index in [0.29, 0.717) is 11.4 Å². The van der Waals surface area contributed by atoms with Crippen molar-refractivity contribution in [1.29, 1.82) is 0 Å². The molecule has 0 aliphatic heterocycles. The maximum Gasteiger partial charge on any atom is 0.323 e. The van der Waals surface area contributed by atoms with E-state index in [4.69, 9.17) is 9.26 Å². The molecule has 0 saturated carbocycles. The Kier molecular flexibility index (Phi) is 3.89. The summed E-state index contributed by atoms with van der Waals surface area (Å²) in [6.45, 7) is 3.60. The second-order valence-electron chi connectivity index (χ2n) is 3.92. The van der Waals surface area contributed by atoms with Gasteiger partial charge in [-0.25, -0.2) is 4.39 Å². The predicted octanol–water partition coefficient (Wildman–Crippen LogP) is 2.21. The summed E-state index contributed by atoms with van der Waals surface area (Å²) in [7, 11) is 0. The fourth-order valence-corrected chi connectivity index (χ4v) is 1.69. The van der Waals surface area contributed by atoms with E-state index in [2.05, 4.69) is 10.1 Å². The Balaban J connectivity index is 2.39. The van der Waals surface area contributed by atoms with Gasteiger partial charge in [-0.15, -0.1) is 0 Å². The number of halogens is 1. The van der Waals surface area contributed by atoms with E-state index in [1.165, 1.54) is 24.3 Å². The van der Waals surface area contributed by atoms with Gasteiger partial charge in [-0.1, -0.05) is 17.3 Å². The summed E-state index contributed by atoms with van der Waals surface area (Å²) < 4.78 is 23.0. The molecule has 5 nitrogen and oxygen atoms in total. The Bertz CT molecular complexity index is 566. The number of esters is 1. The van der Waals surface area contributed by atoms with Gasteiger partial charge in [-0.3, -0.25) is 4.79 Å². The summed E-state index contributed by atoms with van der Waals surface area (Å²) in [5, 5.41) is 3.66. The average molecular weight is 264 g/mol. The zero-order valence-corrected chi connectivity index (χ0v) is 10.6. The zero-order valence-electron chi connectivity index (χ0n) is 10.6. The molecule has 1 heterocycles. The van der Waals surface area contributed by atoms with Crippen LogP contribution in [0.2, 0.25) is 0 Å². The molecule has 2 rings (SSSR count). The third-order valence-corrected chi connectivity index (χ3v) is 2.52. The summed E-state index contributed by atoms with van der Waals surface area (Å²) >= 11 is 0. The smallest absolute Gasteiger partial charge is 0.323 e. The van der Waals surface area contributed by atoms with Gasteiger partial charge in [0.2, 0.25) is 5.89 Å². The van der Waals surface area contributed by atoms with Crippen LogP contribution in [0.3, 0.4) is 0 Å². The minimum Gasteiger partial charge on any atom is -0.465 e.